The van der Waals surface area contributed by atoms with Gasteiger partial charge in [0.05, 0.1) is 17.1 Å². The fourth-order valence-corrected chi connectivity index (χ4v) is 4.75. The molecule has 1 saturated heterocycles. The number of benzene rings is 1. The van der Waals surface area contributed by atoms with Crippen LogP contribution in [0.15, 0.2) is 18.2 Å². The van der Waals surface area contributed by atoms with Crippen molar-refractivity contribution in [3.63, 3.8) is 0 Å². The molecule has 1 unspecified atom stereocenters. The lowest BCUT2D eigenvalue weighted by Gasteiger charge is -2.26. The van der Waals surface area contributed by atoms with Gasteiger partial charge in [-0.1, -0.05) is 17.7 Å². The zero-order valence-corrected chi connectivity index (χ0v) is 15.1. The molecule has 130 valence electrons. The molecule has 5 heteroatoms. The normalized spacial score (nSPS) is 22.4. The largest absolute Gasteiger partial charge is 0.395 e. The molecule has 2 aromatic rings. The van der Waals surface area contributed by atoms with Crippen LogP contribution in [0.4, 0.5) is 0 Å². The first-order valence-electron chi connectivity index (χ1n) is 9.01. The topological polar surface area (TPSA) is 31.6 Å². The summed E-state index contributed by atoms with van der Waals surface area (Å²) in [6, 6.07) is 6.61. The molecule has 0 bridgehead atoms. The number of fused-ring (bicyclic) bond motifs is 3. The molecule has 0 radical (unpaired) electrons. The average Bonchev–Trinajstić information content (AvgIpc) is 3.15. The minimum atomic E-state index is 0.279. The van der Waals surface area contributed by atoms with Gasteiger partial charge in [-0.3, -0.25) is 4.90 Å². The molecule has 1 aromatic heterocycles. The number of aliphatic hydroxyl groups is 1. The van der Waals surface area contributed by atoms with Gasteiger partial charge in [0, 0.05) is 49.7 Å². The third-order valence-corrected chi connectivity index (χ3v) is 6.05. The van der Waals surface area contributed by atoms with E-state index >= 15 is 0 Å². The van der Waals surface area contributed by atoms with Crippen molar-refractivity contribution in [3.05, 3.63) is 34.5 Å². The van der Waals surface area contributed by atoms with Gasteiger partial charge in [-0.2, -0.15) is 0 Å². The Bertz CT molecular complexity index is 742. The standard InChI is InChI=1S/C19H26ClN3O/c1-21-9-7-17-15(12-21)19-16(20)5-2-6-18(19)23(17)11-10-22-8-3-4-14(22)13-24/h2,5-6,14,24H,3-4,7-13H2,1H3. The Morgan fingerprint density at radius 1 is 1.25 bits per heavy atom. The maximum Gasteiger partial charge on any atom is 0.0586 e. The smallest absolute Gasteiger partial charge is 0.0586 e. The van der Waals surface area contributed by atoms with Crippen LogP contribution in [0.3, 0.4) is 0 Å². The van der Waals surface area contributed by atoms with E-state index in [0.29, 0.717) is 6.04 Å². The van der Waals surface area contributed by atoms with Crippen LogP contribution < -0.4 is 0 Å². The summed E-state index contributed by atoms with van der Waals surface area (Å²) in [6.07, 6.45) is 3.41. The first kappa shape index (κ1) is 16.4. The van der Waals surface area contributed by atoms with E-state index in [0.717, 1.165) is 50.6 Å². The van der Waals surface area contributed by atoms with E-state index < -0.39 is 0 Å². The van der Waals surface area contributed by atoms with Crippen LogP contribution in [0, 0.1) is 0 Å². The van der Waals surface area contributed by atoms with Gasteiger partial charge in [0.1, 0.15) is 0 Å². The molecule has 2 aliphatic heterocycles. The summed E-state index contributed by atoms with van der Waals surface area (Å²) in [5.74, 6) is 0. The van der Waals surface area contributed by atoms with Crippen molar-refractivity contribution in [2.75, 3.05) is 33.3 Å². The molecular formula is C19H26ClN3O. The summed E-state index contributed by atoms with van der Waals surface area (Å²) in [5.41, 5.74) is 4.13. The van der Waals surface area contributed by atoms with Gasteiger partial charge in [-0.15, -0.1) is 0 Å². The van der Waals surface area contributed by atoms with Gasteiger partial charge < -0.3 is 14.6 Å². The fraction of sp³-hybridized carbons (Fsp3) is 0.579. The van der Waals surface area contributed by atoms with Gasteiger partial charge >= 0.3 is 0 Å². The number of nitrogens with zero attached hydrogens (tertiary/aromatic N) is 3. The summed E-state index contributed by atoms with van der Waals surface area (Å²) in [5, 5.41) is 11.7. The lowest BCUT2D eigenvalue weighted by atomic mass is 10.1. The van der Waals surface area contributed by atoms with Crippen molar-refractivity contribution >= 4 is 22.5 Å². The van der Waals surface area contributed by atoms with E-state index in [2.05, 4.69) is 33.5 Å². The minimum Gasteiger partial charge on any atom is -0.395 e. The van der Waals surface area contributed by atoms with E-state index in [1.165, 1.54) is 28.6 Å². The summed E-state index contributed by atoms with van der Waals surface area (Å²) < 4.78 is 2.48. The van der Waals surface area contributed by atoms with Crippen LogP contribution in [0.5, 0.6) is 0 Å². The molecule has 0 amide bonds. The highest BCUT2D eigenvalue weighted by molar-refractivity contribution is 6.35. The second-order valence-corrected chi connectivity index (χ2v) is 7.62. The van der Waals surface area contributed by atoms with Gasteiger partial charge in [0.15, 0.2) is 0 Å². The van der Waals surface area contributed by atoms with Crippen LogP contribution in [0.1, 0.15) is 24.1 Å². The molecule has 0 saturated carbocycles. The van der Waals surface area contributed by atoms with Crippen LogP contribution in [0.2, 0.25) is 5.02 Å². The number of halogens is 1. The molecule has 1 atom stereocenters. The number of likely N-dealkylation sites (N-methyl/N-ethyl adjacent to an activating group) is 1. The molecule has 4 rings (SSSR count). The van der Waals surface area contributed by atoms with Crippen molar-refractivity contribution in [2.24, 2.45) is 0 Å². The number of hydrogen-bond acceptors (Lipinski definition) is 3. The van der Waals surface area contributed by atoms with Crippen molar-refractivity contribution in [1.82, 2.24) is 14.4 Å². The Balaban J connectivity index is 1.69. The molecule has 2 aliphatic rings. The van der Waals surface area contributed by atoms with Gasteiger partial charge in [-0.25, -0.2) is 0 Å². The highest BCUT2D eigenvalue weighted by Crippen LogP contribution is 2.35. The summed E-state index contributed by atoms with van der Waals surface area (Å²) in [4.78, 5) is 4.81. The van der Waals surface area contributed by atoms with E-state index in [1.807, 2.05) is 6.07 Å². The zero-order valence-electron chi connectivity index (χ0n) is 14.3. The SMILES string of the molecule is CN1CCc2c(c3c(Cl)cccc3n2CCN2CCCC2CO)C1. The monoisotopic (exact) mass is 347 g/mol. The number of rotatable bonds is 4. The predicted octanol–water partition coefficient (Wildman–Crippen LogP) is 2.74. The first-order valence-corrected chi connectivity index (χ1v) is 9.38. The summed E-state index contributed by atoms with van der Waals surface area (Å²) >= 11 is 6.55. The van der Waals surface area contributed by atoms with Crippen LogP contribution >= 0.6 is 11.6 Å². The zero-order chi connectivity index (χ0) is 16.7. The molecule has 1 N–H and O–H groups in total. The van der Waals surface area contributed by atoms with Crippen molar-refractivity contribution < 1.29 is 5.11 Å². The Labute approximate surface area is 148 Å². The lowest BCUT2D eigenvalue weighted by molar-refractivity contribution is 0.155. The maximum absolute atomic E-state index is 9.55. The van der Waals surface area contributed by atoms with Crippen LogP contribution in [-0.4, -0.2) is 58.8 Å². The van der Waals surface area contributed by atoms with Crippen molar-refractivity contribution in [3.8, 4) is 0 Å². The van der Waals surface area contributed by atoms with E-state index in [9.17, 15) is 5.11 Å². The second kappa shape index (κ2) is 6.68. The lowest BCUT2D eigenvalue weighted by Crippen LogP contribution is -2.35. The van der Waals surface area contributed by atoms with Crippen LogP contribution in [0.25, 0.3) is 10.9 Å². The maximum atomic E-state index is 9.55. The summed E-state index contributed by atoms with van der Waals surface area (Å²) in [6.45, 7) is 5.45. The molecule has 0 spiro atoms. The Hall–Kier alpha value is -1.07. The average molecular weight is 348 g/mol. The number of hydrogen-bond donors (Lipinski definition) is 1. The molecule has 3 heterocycles. The molecule has 1 aromatic carbocycles. The third-order valence-electron chi connectivity index (χ3n) is 5.74. The molecule has 24 heavy (non-hydrogen) atoms. The van der Waals surface area contributed by atoms with E-state index in [-0.39, 0.29) is 6.61 Å². The highest BCUT2D eigenvalue weighted by atomic mass is 35.5. The first-order chi connectivity index (χ1) is 11.7. The number of aromatic nitrogens is 1. The highest BCUT2D eigenvalue weighted by Gasteiger charge is 2.26. The Morgan fingerprint density at radius 3 is 2.96 bits per heavy atom. The third kappa shape index (κ3) is 2.76. The predicted molar refractivity (Wildman–Crippen MR) is 98.7 cm³/mol. The quantitative estimate of drug-likeness (QED) is 0.922. The van der Waals surface area contributed by atoms with Gasteiger partial charge in [-0.05, 0) is 44.1 Å². The van der Waals surface area contributed by atoms with Crippen LogP contribution in [-0.2, 0) is 19.5 Å². The number of likely N-dealkylation sites (tertiary alicyclic amines) is 1. The number of aliphatic hydroxyl groups excluding tert-OH is 1. The Morgan fingerprint density at radius 2 is 2.12 bits per heavy atom. The molecule has 4 nitrogen and oxygen atoms in total. The second-order valence-electron chi connectivity index (χ2n) is 7.21. The fourth-order valence-electron chi connectivity index (χ4n) is 4.47. The van der Waals surface area contributed by atoms with Gasteiger partial charge in [0.2, 0.25) is 0 Å². The minimum absolute atomic E-state index is 0.279. The van der Waals surface area contributed by atoms with E-state index in [4.69, 9.17) is 11.6 Å². The molecule has 0 aliphatic carbocycles. The molecule has 1 fully saturated rings. The Kier molecular flexibility index (Phi) is 4.56. The summed E-state index contributed by atoms with van der Waals surface area (Å²) in [7, 11) is 2.18. The van der Waals surface area contributed by atoms with Gasteiger partial charge in [0.25, 0.3) is 0 Å². The molecular weight excluding hydrogens is 322 g/mol. The van der Waals surface area contributed by atoms with E-state index in [1.54, 1.807) is 0 Å². The van der Waals surface area contributed by atoms with Crippen molar-refractivity contribution in [2.45, 2.75) is 38.4 Å². The van der Waals surface area contributed by atoms with Crippen molar-refractivity contribution in [1.29, 1.82) is 0 Å².